The Balaban J connectivity index is 1.71. The van der Waals surface area contributed by atoms with E-state index >= 15 is 0 Å². The van der Waals surface area contributed by atoms with Crippen molar-refractivity contribution < 1.29 is 9.59 Å². The summed E-state index contributed by atoms with van der Waals surface area (Å²) in [7, 11) is 0. The number of ketones is 2. The number of hydrogen-bond donors (Lipinski definition) is 0. The van der Waals surface area contributed by atoms with E-state index in [1.165, 1.54) is 31.3 Å². The Bertz CT molecular complexity index is 617. The van der Waals surface area contributed by atoms with Crippen LogP contribution in [0.1, 0.15) is 72.6 Å². The van der Waals surface area contributed by atoms with Crippen LogP contribution in [0.25, 0.3) is 0 Å². The van der Waals surface area contributed by atoms with Crippen LogP contribution in [0, 0.1) is 40.4 Å². The summed E-state index contributed by atoms with van der Waals surface area (Å²) >= 11 is 0. The number of carbonyl (C=O) groups excluding carboxylic acids is 2. The Hall–Kier alpha value is -0.920. The average Bonchev–Trinajstić information content (AvgIpc) is 2.87. The highest BCUT2D eigenvalue weighted by Gasteiger charge is 2.60. The van der Waals surface area contributed by atoms with E-state index in [2.05, 4.69) is 20.8 Å². The van der Waals surface area contributed by atoms with Gasteiger partial charge < -0.3 is 0 Å². The quantitative estimate of drug-likeness (QED) is 0.681. The third-order valence-corrected chi connectivity index (χ3v) is 8.77. The van der Waals surface area contributed by atoms with Gasteiger partial charge in [0.05, 0.1) is 0 Å². The molecule has 0 N–H and O–H groups in total. The van der Waals surface area contributed by atoms with Crippen LogP contribution in [-0.4, -0.2) is 11.6 Å². The van der Waals surface area contributed by atoms with Crippen molar-refractivity contribution in [3.8, 4) is 0 Å². The number of allylic oxidation sites excluding steroid dienone is 1. The SMILES string of the molecule is CC(=O)[C@H]1CC[C@H]2[C@@H]3C[C@@H](C)C4=CC(=O)CC[C@]4(C)[C@H]3CC[C@]12C. The van der Waals surface area contributed by atoms with E-state index in [0.29, 0.717) is 23.4 Å². The molecule has 132 valence electrons. The highest BCUT2D eigenvalue weighted by molar-refractivity contribution is 5.91. The Morgan fingerprint density at radius 2 is 1.88 bits per heavy atom. The van der Waals surface area contributed by atoms with Crippen molar-refractivity contribution in [1.82, 2.24) is 0 Å². The summed E-state index contributed by atoms with van der Waals surface area (Å²) in [5.41, 5.74) is 1.91. The lowest BCUT2D eigenvalue weighted by atomic mass is 9.45. The first-order valence-corrected chi connectivity index (χ1v) is 10.0. The van der Waals surface area contributed by atoms with Crippen molar-refractivity contribution >= 4 is 11.6 Å². The van der Waals surface area contributed by atoms with Crippen LogP contribution in [0.4, 0.5) is 0 Å². The molecule has 2 heteroatoms. The van der Waals surface area contributed by atoms with Gasteiger partial charge in [0.15, 0.2) is 5.78 Å². The number of rotatable bonds is 1. The second kappa shape index (κ2) is 5.29. The third-order valence-electron chi connectivity index (χ3n) is 8.77. The highest BCUT2D eigenvalue weighted by atomic mass is 16.1. The van der Waals surface area contributed by atoms with Crippen LogP contribution >= 0.6 is 0 Å². The molecule has 0 unspecified atom stereocenters. The summed E-state index contributed by atoms with van der Waals surface area (Å²) in [6.45, 7) is 9.00. The molecule has 4 aliphatic carbocycles. The van der Waals surface area contributed by atoms with Gasteiger partial charge in [-0.1, -0.05) is 26.3 Å². The molecular weight excluding hydrogens is 296 g/mol. The largest absolute Gasteiger partial charge is 0.300 e. The molecule has 3 fully saturated rings. The molecule has 0 saturated heterocycles. The van der Waals surface area contributed by atoms with Crippen molar-refractivity contribution in [1.29, 1.82) is 0 Å². The van der Waals surface area contributed by atoms with Gasteiger partial charge in [0.25, 0.3) is 0 Å². The number of carbonyl (C=O) groups is 2. The van der Waals surface area contributed by atoms with Crippen LogP contribution in [-0.2, 0) is 9.59 Å². The molecule has 0 aromatic carbocycles. The van der Waals surface area contributed by atoms with E-state index in [0.717, 1.165) is 31.1 Å². The molecule has 3 saturated carbocycles. The average molecular weight is 328 g/mol. The van der Waals surface area contributed by atoms with E-state index in [-0.39, 0.29) is 16.7 Å². The zero-order valence-electron chi connectivity index (χ0n) is 15.7. The van der Waals surface area contributed by atoms with Gasteiger partial charge in [0.2, 0.25) is 0 Å². The minimum absolute atomic E-state index is 0.228. The minimum Gasteiger partial charge on any atom is -0.300 e. The summed E-state index contributed by atoms with van der Waals surface area (Å²) in [5.74, 6) is 3.75. The second-order valence-corrected chi connectivity index (χ2v) is 9.78. The standard InChI is InChI=1S/C22H32O2/c1-13-11-16-18-6-5-17(14(2)23)21(18,3)10-8-19(16)22(4)9-7-15(24)12-20(13)22/h12-13,16-19H,5-11H2,1-4H3/t13-,16+,17-,18+,19+,21-,22-/m1/s1. The number of fused-ring (bicyclic) bond motifs is 5. The molecule has 0 radical (unpaired) electrons. The van der Waals surface area contributed by atoms with Gasteiger partial charge in [0.1, 0.15) is 5.78 Å². The smallest absolute Gasteiger partial charge is 0.155 e. The van der Waals surface area contributed by atoms with E-state index in [9.17, 15) is 9.59 Å². The maximum absolute atomic E-state index is 12.2. The van der Waals surface area contributed by atoms with Gasteiger partial charge in [-0.05, 0) is 86.0 Å². The van der Waals surface area contributed by atoms with Gasteiger partial charge in [0, 0.05) is 12.3 Å². The van der Waals surface area contributed by atoms with E-state index < -0.39 is 0 Å². The Morgan fingerprint density at radius 3 is 2.58 bits per heavy atom. The Kier molecular flexibility index (Phi) is 3.64. The lowest BCUT2D eigenvalue weighted by Crippen LogP contribution is -2.52. The second-order valence-electron chi connectivity index (χ2n) is 9.78. The molecule has 2 nitrogen and oxygen atoms in total. The fraction of sp³-hybridized carbons (Fsp3) is 0.818. The Morgan fingerprint density at radius 1 is 1.12 bits per heavy atom. The Labute approximate surface area is 146 Å². The number of Topliss-reactive ketones (excluding diaryl/α,β-unsaturated/α-hetero) is 1. The molecule has 7 atom stereocenters. The van der Waals surface area contributed by atoms with Crippen LogP contribution in [0.5, 0.6) is 0 Å². The van der Waals surface area contributed by atoms with Gasteiger partial charge >= 0.3 is 0 Å². The van der Waals surface area contributed by atoms with Crippen molar-refractivity contribution in [3.05, 3.63) is 11.6 Å². The molecule has 0 bridgehead atoms. The van der Waals surface area contributed by atoms with E-state index in [4.69, 9.17) is 0 Å². The molecule has 0 aromatic rings. The van der Waals surface area contributed by atoms with E-state index in [1.807, 2.05) is 13.0 Å². The van der Waals surface area contributed by atoms with Gasteiger partial charge in [-0.2, -0.15) is 0 Å². The van der Waals surface area contributed by atoms with Crippen LogP contribution in [0.2, 0.25) is 0 Å². The fourth-order valence-electron chi connectivity index (χ4n) is 7.65. The molecule has 4 rings (SSSR count). The van der Waals surface area contributed by atoms with Crippen LogP contribution in [0.3, 0.4) is 0 Å². The van der Waals surface area contributed by atoms with Crippen molar-refractivity contribution in [3.63, 3.8) is 0 Å². The first-order valence-electron chi connectivity index (χ1n) is 10.0. The zero-order chi connectivity index (χ0) is 17.3. The summed E-state index contributed by atoms with van der Waals surface area (Å²) in [5, 5.41) is 0. The summed E-state index contributed by atoms with van der Waals surface area (Å²) in [6, 6.07) is 0. The van der Waals surface area contributed by atoms with Crippen molar-refractivity contribution in [2.75, 3.05) is 0 Å². The van der Waals surface area contributed by atoms with Gasteiger partial charge in [-0.25, -0.2) is 0 Å². The molecule has 0 heterocycles. The lowest BCUT2D eigenvalue weighted by molar-refractivity contribution is -0.129. The monoisotopic (exact) mass is 328 g/mol. The minimum atomic E-state index is 0.228. The maximum Gasteiger partial charge on any atom is 0.155 e. The molecule has 0 aromatic heterocycles. The van der Waals surface area contributed by atoms with Crippen molar-refractivity contribution in [2.45, 2.75) is 72.6 Å². The van der Waals surface area contributed by atoms with Gasteiger partial charge in [-0.3, -0.25) is 9.59 Å². The molecule has 24 heavy (non-hydrogen) atoms. The number of hydrogen-bond acceptors (Lipinski definition) is 2. The summed E-state index contributed by atoms with van der Waals surface area (Å²) in [6.07, 6.45) is 9.80. The molecule has 0 spiro atoms. The molecule has 0 aliphatic heterocycles. The predicted molar refractivity (Wildman–Crippen MR) is 95.4 cm³/mol. The molecule has 0 amide bonds. The first kappa shape index (κ1) is 16.5. The van der Waals surface area contributed by atoms with Crippen LogP contribution in [0.15, 0.2) is 11.6 Å². The van der Waals surface area contributed by atoms with Gasteiger partial charge in [-0.15, -0.1) is 0 Å². The maximum atomic E-state index is 12.2. The lowest BCUT2D eigenvalue weighted by Gasteiger charge is -2.59. The molecule has 4 aliphatic rings. The predicted octanol–water partition coefficient (Wildman–Crippen LogP) is 4.97. The topological polar surface area (TPSA) is 34.1 Å². The zero-order valence-corrected chi connectivity index (χ0v) is 15.7. The summed E-state index contributed by atoms with van der Waals surface area (Å²) in [4.78, 5) is 24.2. The molecular formula is C22H32O2. The fourth-order valence-corrected chi connectivity index (χ4v) is 7.65. The normalized spacial score (nSPS) is 50.6. The van der Waals surface area contributed by atoms with E-state index in [1.54, 1.807) is 0 Å². The van der Waals surface area contributed by atoms with Crippen LogP contribution < -0.4 is 0 Å². The highest BCUT2D eigenvalue weighted by Crippen LogP contribution is 2.67. The van der Waals surface area contributed by atoms with Crippen molar-refractivity contribution in [2.24, 2.45) is 40.4 Å². The first-order chi connectivity index (χ1) is 11.3. The third kappa shape index (κ3) is 2.07. The summed E-state index contributed by atoms with van der Waals surface area (Å²) < 4.78 is 0.